The molecule has 2 aromatic heterocycles. The number of ether oxygens (including phenoxy) is 1. The molecule has 39 heavy (non-hydrogen) atoms. The van der Waals surface area contributed by atoms with Gasteiger partial charge in [-0.05, 0) is 62.1 Å². The van der Waals surface area contributed by atoms with Crippen LogP contribution in [-0.2, 0) is 22.6 Å². The highest BCUT2D eigenvalue weighted by atomic mass is 35.5. The van der Waals surface area contributed by atoms with Crippen LogP contribution in [0.5, 0.6) is 0 Å². The van der Waals surface area contributed by atoms with Gasteiger partial charge in [-0.3, -0.25) is 13.7 Å². The molecule has 1 saturated carbocycles. The molecule has 2 aromatic carbocycles. The van der Waals surface area contributed by atoms with E-state index in [1.165, 1.54) is 6.07 Å². The van der Waals surface area contributed by atoms with Gasteiger partial charge in [0.2, 0.25) is 0 Å². The van der Waals surface area contributed by atoms with Gasteiger partial charge in [-0.1, -0.05) is 34.4 Å². The first-order valence-corrected chi connectivity index (χ1v) is 14.4. The van der Waals surface area contributed by atoms with Crippen LogP contribution in [0.3, 0.4) is 0 Å². The molecular formula is C27H24Cl2N3O6S-. The van der Waals surface area contributed by atoms with Gasteiger partial charge in [0.15, 0.2) is 5.76 Å². The van der Waals surface area contributed by atoms with Crippen LogP contribution in [-0.4, -0.2) is 39.0 Å². The molecule has 1 aliphatic heterocycles. The van der Waals surface area contributed by atoms with E-state index in [1.807, 2.05) is 12.1 Å². The van der Waals surface area contributed by atoms with Gasteiger partial charge >= 0.3 is 0 Å². The fourth-order valence-electron chi connectivity index (χ4n) is 5.00. The third-order valence-corrected chi connectivity index (χ3v) is 8.12. The second-order valence-corrected chi connectivity index (χ2v) is 11.2. The minimum atomic E-state index is -2.71. The number of carbonyl (C=O) groups is 1. The van der Waals surface area contributed by atoms with Gasteiger partial charge in [-0.15, -0.1) is 0 Å². The molecule has 9 nitrogen and oxygen atoms in total. The van der Waals surface area contributed by atoms with Crippen molar-refractivity contribution < 1.29 is 27.2 Å². The van der Waals surface area contributed by atoms with E-state index < -0.39 is 17.2 Å². The number of fused-ring (bicyclic) bond motifs is 1. The fourth-order valence-corrected chi connectivity index (χ4v) is 5.82. The zero-order chi connectivity index (χ0) is 27.1. The summed E-state index contributed by atoms with van der Waals surface area (Å²) in [5.74, 6) is 0.355. The van der Waals surface area contributed by atoms with Crippen molar-refractivity contribution in [2.24, 2.45) is 0 Å². The Balaban J connectivity index is 1.12. The zero-order valence-corrected chi connectivity index (χ0v) is 23.0. The van der Waals surface area contributed by atoms with Gasteiger partial charge < -0.3 is 23.1 Å². The summed E-state index contributed by atoms with van der Waals surface area (Å²) in [6.07, 6.45) is 3.87. The van der Waals surface area contributed by atoms with Crippen molar-refractivity contribution in [1.29, 1.82) is 0 Å². The van der Waals surface area contributed by atoms with Crippen molar-refractivity contribution in [2.75, 3.05) is 18.0 Å². The first-order chi connectivity index (χ1) is 18.9. The zero-order valence-electron chi connectivity index (χ0n) is 20.7. The number of hydrogen-bond donors (Lipinski definition) is 1. The Morgan fingerprint density at radius 3 is 2.56 bits per heavy atom. The highest BCUT2D eigenvalue weighted by Gasteiger charge is 2.34. The summed E-state index contributed by atoms with van der Waals surface area (Å²) < 4.78 is 40.9. The van der Waals surface area contributed by atoms with Gasteiger partial charge in [-0.25, -0.2) is 0 Å². The molecular weight excluding hydrogens is 565 g/mol. The Hall–Kier alpha value is -2.89. The maximum Gasteiger partial charge on any atom is 0.297 e. The van der Waals surface area contributed by atoms with Crippen molar-refractivity contribution in [3.8, 4) is 11.3 Å². The van der Waals surface area contributed by atoms with E-state index in [9.17, 15) is 13.6 Å². The third-order valence-electron chi connectivity index (χ3n) is 7.14. The average Bonchev–Trinajstić information content (AvgIpc) is 3.53. The molecule has 1 saturated heterocycles. The molecule has 2 fully saturated rings. The van der Waals surface area contributed by atoms with Crippen molar-refractivity contribution in [2.45, 2.75) is 44.3 Å². The number of aromatic nitrogens is 1. The van der Waals surface area contributed by atoms with Crippen LogP contribution in [0.4, 0.5) is 5.69 Å². The first-order valence-electron chi connectivity index (χ1n) is 12.6. The number of halogens is 2. The molecule has 1 amide bonds. The van der Waals surface area contributed by atoms with Crippen molar-refractivity contribution >= 4 is 57.0 Å². The quantitative estimate of drug-likeness (QED) is 0.249. The molecule has 0 spiro atoms. The summed E-state index contributed by atoms with van der Waals surface area (Å²) in [5, 5.41) is 6.11. The molecule has 1 N–H and O–H groups in total. The Kier molecular flexibility index (Phi) is 7.39. The lowest BCUT2D eigenvalue weighted by Gasteiger charge is -2.33. The fraction of sp³-hybridized carbons (Fsp3) is 0.333. The molecule has 204 valence electrons. The van der Waals surface area contributed by atoms with Crippen molar-refractivity contribution in [1.82, 2.24) is 9.88 Å². The lowest BCUT2D eigenvalue weighted by Crippen LogP contribution is -2.37. The van der Waals surface area contributed by atoms with Crippen LogP contribution in [0.15, 0.2) is 51.4 Å². The molecule has 0 radical (unpaired) electrons. The summed E-state index contributed by atoms with van der Waals surface area (Å²) in [7, 11) is 0. The molecule has 12 heteroatoms. The Morgan fingerprint density at radius 2 is 1.87 bits per heavy atom. The summed E-state index contributed by atoms with van der Waals surface area (Å²) in [5.41, 5.74) is 3.73. The number of nitrogens with zero attached hydrogens (tertiary/aromatic N) is 2. The van der Waals surface area contributed by atoms with Crippen LogP contribution in [0.2, 0.25) is 10.0 Å². The summed E-state index contributed by atoms with van der Waals surface area (Å²) >= 11 is 10.2. The van der Waals surface area contributed by atoms with E-state index in [-0.39, 0.29) is 11.9 Å². The molecule has 6 rings (SSSR count). The number of hydrogen-bond acceptors (Lipinski definition) is 8. The number of piperidine rings is 1. The Bertz CT molecular complexity index is 1540. The van der Waals surface area contributed by atoms with Gasteiger partial charge in [0.05, 0.1) is 22.8 Å². The Labute approximate surface area is 236 Å². The number of nitrogens with one attached hydrogen (secondary N) is 1. The van der Waals surface area contributed by atoms with E-state index in [0.717, 1.165) is 61.2 Å². The largest absolute Gasteiger partial charge is 0.755 e. The predicted octanol–water partition coefficient (Wildman–Crippen LogP) is 5.98. The van der Waals surface area contributed by atoms with E-state index >= 15 is 0 Å². The minimum Gasteiger partial charge on any atom is -0.755 e. The van der Waals surface area contributed by atoms with E-state index in [1.54, 1.807) is 29.0 Å². The Morgan fingerprint density at radius 1 is 1.13 bits per heavy atom. The third kappa shape index (κ3) is 5.57. The van der Waals surface area contributed by atoms with Crippen molar-refractivity contribution in [3.63, 3.8) is 0 Å². The van der Waals surface area contributed by atoms with E-state index in [2.05, 4.69) is 10.1 Å². The molecule has 1 atom stereocenters. The number of anilines is 1. The minimum absolute atomic E-state index is 0.0600. The summed E-state index contributed by atoms with van der Waals surface area (Å²) in [6, 6.07) is 12.6. The lowest BCUT2D eigenvalue weighted by atomic mass is 10.0. The number of rotatable bonds is 8. The van der Waals surface area contributed by atoms with Crippen LogP contribution in [0.1, 0.15) is 53.5 Å². The molecule has 3 heterocycles. The number of carbonyl (C=O) groups excluding carboxylic acids is 1. The number of amides is 1. The normalized spacial score (nSPS) is 17.1. The second kappa shape index (κ2) is 10.9. The van der Waals surface area contributed by atoms with E-state index in [4.69, 9.17) is 36.9 Å². The molecule has 1 unspecified atom stereocenters. The summed E-state index contributed by atoms with van der Waals surface area (Å²) in [6.45, 7) is 1.95. The second-order valence-electron chi connectivity index (χ2n) is 9.74. The van der Waals surface area contributed by atoms with Crippen LogP contribution >= 0.6 is 23.2 Å². The number of benzene rings is 2. The lowest BCUT2D eigenvalue weighted by molar-refractivity contribution is 0.0246. The van der Waals surface area contributed by atoms with Crippen molar-refractivity contribution in [3.05, 3.63) is 69.6 Å². The molecule has 0 bridgehead atoms. The van der Waals surface area contributed by atoms with Crippen LogP contribution < -0.4 is 9.62 Å². The van der Waals surface area contributed by atoms with Crippen LogP contribution in [0.25, 0.3) is 22.2 Å². The highest BCUT2D eigenvalue weighted by Crippen LogP contribution is 2.46. The SMILES string of the molecule is O=C(NS(=O)[O-])c1cc2cc(N3CCC(OCc4c(-c5c(Cl)cccc5Cl)noc4C4CC4)CC3)ccc2o1. The predicted molar refractivity (Wildman–Crippen MR) is 147 cm³/mol. The first kappa shape index (κ1) is 26.3. The van der Waals surface area contributed by atoms with Gasteiger partial charge in [0, 0.05) is 52.5 Å². The van der Waals surface area contributed by atoms with E-state index in [0.29, 0.717) is 39.4 Å². The highest BCUT2D eigenvalue weighted by molar-refractivity contribution is 7.77. The topological polar surface area (TPSA) is 121 Å². The van der Waals surface area contributed by atoms with Gasteiger partial charge in [-0.2, -0.15) is 0 Å². The summed E-state index contributed by atoms with van der Waals surface area (Å²) in [4.78, 5) is 14.2. The average molecular weight is 589 g/mol. The maximum absolute atomic E-state index is 11.9. The number of furan rings is 1. The van der Waals surface area contributed by atoms with Crippen LogP contribution in [0, 0.1) is 0 Å². The molecule has 4 aromatic rings. The van der Waals surface area contributed by atoms with Gasteiger partial charge in [0.25, 0.3) is 5.91 Å². The monoisotopic (exact) mass is 588 g/mol. The standard InChI is InChI=1S/C27H25Cl2N3O6S/c28-20-2-1-3-21(29)24(20)25-19(26(38-30-25)15-4-5-15)14-36-18-8-10-32(11-9-18)17-6-7-22-16(12-17)13-23(37-22)27(33)31-39(34)35/h1-3,6-7,12-13,15,18H,4-5,8-11,14H2,(H,31,33)(H,34,35)/p-1. The smallest absolute Gasteiger partial charge is 0.297 e. The maximum atomic E-state index is 11.9. The molecule has 2 aliphatic rings. The molecule has 1 aliphatic carbocycles. The van der Waals surface area contributed by atoms with Gasteiger partial charge in [0.1, 0.15) is 17.0 Å².